The SMILES string of the molecule is COc1ccc(C(=O)N2CCC3(CC2)OCC(C(=O)NCc2ccco2)N3C(=O)c2ccc(C)cc2)cc1. The lowest BCUT2D eigenvalue weighted by molar-refractivity contribution is -0.128. The zero-order valence-corrected chi connectivity index (χ0v) is 21.5. The number of rotatable bonds is 6. The number of nitrogens with zero attached hydrogens (tertiary/aromatic N) is 2. The molecule has 2 fully saturated rings. The molecule has 2 saturated heterocycles. The van der Waals surface area contributed by atoms with Crippen LogP contribution in [0.25, 0.3) is 0 Å². The van der Waals surface area contributed by atoms with Crippen LogP contribution in [0.1, 0.15) is 44.9 Å². The van der Waals surface area contributed by atoms with Crippen LogP contribution < -0.4 is 10.1 Å². The van der Waals surface area contributed by atoms with Gasteiger partial charge < -0.3 is 24.1 Å². The van der Waals surface area contributed by atoms with Gasteiger partial charge in [0.15, 0.2) is 0 Å². The maximum atomic E-state index is 13.8. The minimum Gasteiger partial charge on any atom is -0.497 e. The van der Waals surface area contributed by atoms with Crippen molar-refractivity contribution in [3.05, 3.63) is 89.4 Å². The number of carbonyl (C=O) groups is 3. The van der Waals surface area contributed by atoms with E-state index in [0.29, 0.717) is 48.6 Å². The first kappa shape index (κ1) is 25.5. The Morgan fingerprint density at radius 3 is 2.26 bits per heavy atom. The number of ether oxygens (including phenoxy) is 2. The summed E-state index contributed by atoms with van der Waals surface area (Å²) in [6.07, 6.45) is 2.34. The molecule has 9 nitrogen and oxygen atoms in total. The Morgan fingerprint density at radius 1 is 0.974 bits per heavy atom. The van der Waals surface area contributed by atoms with Gasteiger partial charge in [-0.05, 0) is 55.5 Å². The maximum absolute atomic E-state index is 13.8. The van der Waals surface area contributed by atoms with Crippen LogP contribution in [-0.2, 0) is 16.1 Å². The summed E-state index contributed by atoms with van der Waals surface area (Å²) in [5, 5.41) is 2.87. The molecule has 0 aliphatic carbocycles. The average Bonchev–Trinajstić information content (AvgIpc) is 3.60. The van der Waals surface area contributed by atoms with Gasteiger partial charge in [-0.3, -0.25) is 19.3 Å². The molecule has 198 valence electrons. The number of furan rings is 1. The first-order valence-corrected chi connectivity index (χ1v) is 12.7. The highest BCUT2D eigenvalue weighted by Gasteiger charge is 2.54. The second kappa shape index (κ2) is 10.7. The van der Waals surface area contributed by atoms with Gasteiger partial charge in [0.1, 0.15) is 23.3 Å². The number of amides is 3. The Labute approximate surface area is 221 Å². The van der Waals surface area contributed by atoms with Crippen molar-refractivity contribution in [1.29, 1.82) is 0 Å². The monoisotopic (exact) mass is 517 g/mol. The van der Waals surface area contributed by atoms with Crippen molar-refractivity contribution in [2.24, 2.45) is 0 Å². The predicted octanol–water partition coefficient (Wildman–Crippen LogP) is 3.39. The summed E-state index contributed by atoms with van der Waals surface area (Å²) in [7, 11) is 1.58. The van der Waals surface area contributed by atoms with E-state index in [1.54, 1.807) is 71.7 Å². The van der Waals surface area contributed by atoms with Crippen LogP contribution in [-0.4, -0.2) is 66.1 Å². The van der Waals surface area contributed by atoms with Crippen molar-refractivity contribution in [3.8, 4) is 5.75 Å². The first-order chi connectivity index (χ1) is 18.4. The van der Waals surface area contributed by atoms with Crippen molar-refractivity contribution in [3.63, 3.8) is 0 Å². The molecule has 3 amide bonds. The molecular weight excluding hydrogens is 486 g/mol. The molecule has 1 unspecified atom stereocenters. The van der Waals surface area contributed by atoms with Crippen LogP contribution >= 0.6 is 0 Å². The third-order valence-corrected chi connectivity index (χ3v) is 7.27. The van der Waals surface area contributed by atoms with E-state index < -0.39 is 11.8 Å². The number of piperidine rings is 1. The van der Waals surface area contributed by atoms with Gasteiger partial charge in [0, 0.05) is 37.1 Å². The summed E-state index contributed by atoms with van der Waals surface area (Å²) < 4.78 is 16.8. The molecule has 5 rings (SSSR count). The molecule has 0 saturated carbocycles. The van der Waals surface area contributed by atoms with E-state index in [-0.39, 0.29) is 30.9 Å². The predicted molar refractivity (Wildman–Crippen MR) is 139 cm³/mol. The van der Waals surface area contributed by atoms with E-state index in [4.69, 9.17) is 13.9 Å². The van der Waals surface area contributed by atoms with Gasteiger partial charge in [-0.1, -0.05) is 17.7 Å². The maximum Gasteiger partial charge on any atom is 0.256 e. The van der Waals surface area contributed by atoms with Gasteiger partial charge in [0.25, 0.3) is 11.8 Å². The summed E-state index contributed by atoms with van der Waals surface area (Å²) in [4.78, 5) is 43.6. The average molecular weight is 518 g/mol. The molecule has 0 bridgehead atoms. The molecule has 3 heterocycles. The summed E-state index contributed by atoms with van der Waals surface area (Å²) in [5.41, 5.74) is 1.11. The van der Waals surface area contributed by atoms with Crippen LogP contribution in [0.5, 0.6) is 5.75 Å². The lowest BCUT2D eigenvalue weighted by Crippen LogP contribution is -2.59. The first-order valence-electron chi connectivity index (χ1n) is 12.7. The standard InChI is InChI=1S/C29H31N3O6/c1-20-5-7-22(8-6-20)28(35)32-25(26(33)30-18-24-4-3-17-37-24)19-38-29(32)13-15-31(16-14-29)27(34)21-9-11-23(36-2)12-10-21/h3-12,17,25H,13-16,18-19H2,1-2H3,(H,30,33). The molecule has 2 aliphatic heterocycles. The number of methoxy groups -OCH3 is 1. The number of hydrogen-bond donors (Lipinski definition) is 1. The lowest BCUT2D eigenvalue weighted by atomic mass is 9.96. The van der Waals surface area contributed by atoms with E-state index in [0.717, 1.165) is 5.56 Å². The number of carbonyl (C=O) groups excluding carboxylic acids is 3. The zero-order chi connectivity index (χ0) is 26.7. The van der Waals surface area contributed by atoms with E-state index in [1.807, 2.05) is 19.1 Å². The van der Waals surface area contributed by atoms with Crippen LogP contribution in [0, 0.1) is 6.92 Å². The molecule has 2 aliphatic rings. The number of aryl methyl sites for hydroxylation is 1. The summed E-state index contributed by atoms with van der Waals surface area (Å²) in [6.45, 7) is 3.03. The van der Waals surface area contributed by atoms with Gasteiger partial charge in [-0.25, -0.2) is 0 Å². The van der Waals surface area contributed by atoms with Gasteiger partial charge in [0.05, 0.1) is 26.5 Å². The number of hydrogen-bond acceptors (Lipinski definition) is 6. The summed E-state index contributed by atoms with van der Waals surface area (Å²) >= 11 is 0. The molecule has 9 heteroatoms. The molecule has 2 aromatic carbocycles. The van der Waals surface area contributed by atoms with Crippen LogP contribution in [0.4, 0.5) is 0 Å². The fourth-order valence-corrected chi connectivity index (χ4v) is 5.08. The Bertz CT molecular complexity index is 1280. The van der Waals surface area contributed by atoms with Crippen LogP contribution in [0.15, 0.2) is 71.3 Å². The largest absolute Gasteiger partial charge is 0.497 e. The van der Waals surface area contributed by atoms with Gasteiger partial charge in [-0.15, -0.1) is 0 Å². The Morgan fingerprint density at radius 2 is 1.63 bits per heavy atom. The Hall–Kier alpha value is -4.11. The second-order valence-corrected chi connectivity index (χ2v) is 9.63. The van der Waals surface area contributed by atoms with Gasteiger partial charge >= 0.3 is 0 Å². The molecule has 1 N–H and O–H groups in total. The normalized spacial score (nSPS) is 18.4. The Kier molecular flexibility index (Phi) is 7.20. The van der Waals surface area contributed by atoms with Gasteiger partial charge in [0.2, 0.25) is 5.91 Å². The molecule has 3 aromatic rings. The topological polar surface area (TPSA) is 101 Å². The van der Waals surface area contributed by atoms with Crippen molar-refractivity contribution in [1.82, 2.24) is 15.1 Å². The van der Waals surface area contributed by atoms with E-state index in [9.17, 15) is 14.4 Å². The van der Waals surface area contributed by atoms with E-state index >= 15 is 0 Å². The molecule has 1 spiro atoms. The number of likely N-dealkylation sites (tertiary alicyclic amines) is 1. The number of nitrogens with one attached hydrogen (secondary N) is 1. The minimum atomic E-state index is -0.981. The molecule has 1 aromatic heterocycles. The van der Waals surface area contributed by atoms with Crippen molar-refractivity contribution >= 4 is 17.7 Å². The third kappa shape index (κ3) is 5.02. The summed E-state index contributed by atoms with van der Waals surface area (Å²) in [6, 6.07) is 17.0. The van der Waals surface area contributed by atoms with Crippen molar-refractivity contribution < 1.29 is 28.3 Å². The van der Waals surface area contributed by atoms with Crippen LogP contribution in [0.2, 0.25) is 0 Å². The summed E-state index contributed by atoms with van der Waals surface area (Å²) in [5.74, 6) is 0.629. The highest BCUT2D eigenvalue weighted by Crippen LogP contribution is 2.39. The van der Waals surface area contributed by atoms with E-state index in [2.05, 4.69) is 5.32 Å². The number of benzene rings is 2. The second-order valence-electron chi connectivity index (χ2n) is 9.63. The molecule has 0 radical (unpaired) electrons. The molecule has 38 heavy (non-hydrogen) atoms. The van der Waals surface area contributed by atoms with Gasteiger partial charge in [-0.2, -0.15) is 0 Å². The smallest absolute Gasteiger partial charge is 0.256 e. The fraction of sp³-hybridized carbons (Fsp3) is 0.345. The van der Waals surface area contributed by atoms with Crippen LogP contribution in [0.3, 0.4) is 0 Å². The van der Waals surface area contributed by atoms with Crippen molar-refractivity contribution in [2.75, 3.05) is 26.8 Å². The molecular formula is C29H31N3O6. The Balaban J connectivity index is 1.35. The zero-order valence-electron chi connectivity index (χ0n) is 21.5. The minimum absolute atomic E-state index is 0.0774. The third-order valence-electron chi connectivity index (χ3n) is 7.27. The fourth-order valence-electron chi connectivity index (χ4n) is 5.08. The quantitative estimate of drug-likeness (QED) is 0.538. The lowest BCUT2D eigenvalue weighted by Gasteiger charge is -2.44. The highest BCUT2D eigenvalue weighted by atomic mass is 16.5. The molecule has 1 atom stereocenters. The highest BCUT2D eigenvalue weighted by molar-refractivity contribution is 5.98. The van der Waals surface area contributed by atoms with E-state index in [1.165, 1.54) is 0 Å². The van der Waals surface area contributed by atoms with Crippen molar-refractivity contribution in [2.45, 2.75) is 38.1 Å².